The predicted molar refractivity (Wildman–Crippen MR) is 161 cm³/mol. The second kappa shape index (κ2) is 12.8. The van der Waals surface area contributed by atoms with E-state index in [9.17, 15) is 14.4 Å². The average molecular weight is 617 g/mol. The van der Waals surface area contributed by atoms with Gasteiger partial charge in [-0.3, -0.25) is 14.4 Å². The number of esters is 3. The molecular weight excluding hydrogens is 576 g/mol. The minimum Gasteiger partial charge on any atom is -0.457 e. The fourth-order valence-corrected chi connectivity index (χ4v) is 7.29. The van der Waals surface area contributed by atoms with Gasteiger partial charge in [-0.2, -0.15) is 0 Å². The topological polar surface area (TPSA) is 107 Å². The lowest BCUT2D eigenvalue weighted by Crippen LogP contribution is -2.62. The molecule has 2 aromatic rings. The van der Waals surface area contributed by atoms with Crippen molar-refractivity contribution >= 4 is 38.0 Å². The van der Waals surface area contributed by atoms with Crippen molar-refractivity contribution in [2.24, 2.45) is 0 Å². The number of para-hydroxylation sites is 2. The molecule has 0 aliphatic carbocycles. The third-order valence-corrected chi connectivity index (χ3v) is 13.7. The average Bonchev–Trinajstić information content (AvgIpc) is 2.89. The molecule has 2 aromatic carbocycles. The number of thioether (sulfide) groups is 1. The van der Waals surface area contributed by atoms with E-state index in [0.717, 1.165) is 11.1 Å². The van der Waals surface area contributed by atoms with E-state index in [1.165, 1.54) is 32.5 Å². The lowest BCUT2D eigenvalue weighted by molar-refractivity contribution is -0.235. The van der Waals surface area contributed by atoms with E-state index in [0.29, 0.717) is 11.5 Å². The molecule has 5 atom stereocenters. The van der Waals surface area contributed by atoms with Gasteiger partial charge in [-0.05, 0) is 30.3 Å². The molecule has 0 unspecified atom stereocenters. The van der Waals surface area contributed by atoms with Crippen LogP contribution in [0.2, 0.25) is 18.1 Å². The van der Waals surface area contributed by atoms with E-state index in [1.807, 2.05) is 48.5 Å². The summed E-state index contributed by atoms with van der Waals surface area (Å²) in [5.41, 5.74) is 1.03. The molecule has 2 aliphatic rings. The number of ether oxygens (including phenoxy) is 5. The minimum atomic E-state index is -2.25. The summed E-state index contributed by atoms with van der Waals surface area (Å²) in [7, 11) is -2.25. The first-order chi connectivity index (χ1) is 19.7. The first kappa shape index (κ1) is 32.1. The predicted octanol–water partition coefficient (Wildman–Crippen LogP) is 6.16. The van der Waals surface area contributed by atoms with Gasteiger partial charge in [0.05, 0.1) is 11.9 Å². The van der Waals surface area contributed by atoms with E-state index in [-0.39, 0.29) is 16.9 Å². The van der Waals surface area contributed by atoms with Gasteiger partial charge in [0, 0.05) is 31.9 Å². The molecule has 0 amide bonds. The lowest BCUT2D eigenvalue weighted by Gasteiger charge is -2.46. The third-order valence-electron chi connectivity index (χ3n) is 7.81. The molecule has 0 aromatic heterocycles. The van der Waals surface area contributed by atoms with Crippen LogP contribution in [0.3, 0.4) is 0 Å². The molecule has 0 saturated carbocycles. The molecule has 4 rings (SSSR count). The second-order valence-electron chi connectivity index (χ2n) is 12.0. The Labute approximate surface area is 252 Å². The van der Waals surface area contributed by atoms with Crippen LogP contribution in [0.1, 0.15) is 57.9 Å². The zero-order valence-corrected chi connectivity index (χ0v) is 27.2. The maximum atomic E-state index is 12.4. The highest BCUT2D eigenvalue weighted by Crippen LogP contribution is 2.52. The van der Waals surface area contributed by atoms with Crippen molar-refractivity contribution in [2.45, 2.75) is 94.8 Å². The molecule has 1 saturated heterocycles. The SMILES string of the molecule is CC(=O)O[C@@H]1[C@@H](OC(C)=O)[C@H](SC2c3ccccc3Oc3ccccc32)O[C@H](CO[Si](C)(C)C(C)(C)C)[C@H]1OC(C)=O. The molecular formula is C31H40O9SSi. The van der Waals surface area contributed by atoms with Gasteiger partial charge in [0.2, 0.25) is 0 Å². The standard InChI is InChI=1S/C31H40O9SSi/c1-18(32)36-26-25(17-35-42(7,8)31(4,5)6)40-30(28(38-20(3)34)27(26)37-19(2)33)41-29-21-13-9-11-15-23(21)39-24-16-12-10-14-22(24)29/h9-16,25-30H,17H2,1-8H3/t25-,26-,27+,28-,30+/m1/s1. The number of carbonyl (C=O) groups excluding carboxylic acids is 3. The van der Waals surface area contributed by atoms with E-state index < -0.39 is 56.1 Å². The van der Waals surface area contributed by atoms with Crippen molar-refractivity contribution in [1.82, 2.24) is 0 Å². The highest BCUT2D eigenvalue weighted by Gasteiger charge is 2.53. The Hall–Kier alpha value is -2.86. The van der Waals surface area contributed by atoms with Crippen LogP contribution in [0.15, 0.2) is 48.5 Å². The summed E-state index contributed by atoms with van der Waals surface area (Å²) in [6.45, 7) is 14.5. The molecule has 0 bridgehead atoms. The second-order valence-corrected chi connectivity index (χ2v) is 18.0. The number of hydrogen-bond donors (Lipinski definition) is 0. The summed E-state index contributed by atoms with van der Waals surface area (Å²) < 4.78 is 36.6. The molecule has 228 valence electrons. The number of fused-ring (bicyclic) bond motifs is 2. The smallest absolute Gasteiger partial charge is 0.303 e. The summed E-state index contributed by atoms with van der Waals surface area (Å²) in [6, 6.07) is 15.4. The zero-order valence-electron chi connectivity index (χ0n) is 25.4. The summed E-state index contributed by atoms with van der Waals surface area (Å²) in [6.07, 6.45) is -4.07. The first-order valence-corrected chi connectivity index (χ1v) is 17.9. The maximum absolute atomic E-state index is 12.4. The summed E-state index contributed by atoms with van der Waals surface area (Å²) >= 11 is 1.42. The maximum Gasteiger partial charge on any atom is 0.303 e. The van der Waals surface area contributed by atoms with Gasteiger partial charge in [-0.25, -0.2) is 0 Å². The molecule has 2 aliphatic heterocycles. The quantitative estimate of drug-likeness (QED) is 0.195. The number of hydrogen-bond acceptors (Lipinski definition) is 10. The van der Waals surface area contributed by atoms with Crippen LogP contribution >= 0.6 is 11.8 Å². The van der Waals surface area contributed by atoms with Gasteiger partial charge < -0.3 is 28.1 Å². The molecule has 0 spiro atoms. The van der Waals surface area contributed by atoms with E-state index in [4.69, 9.17) is 28.1 Å². The van der Waals surface area contributed by atoms with Gasteiger partial charge >= 0.3 is 17.9 Å². The van der Waals surface area contributed by atoms with E-state index in [1.54, 1.807) is 0 Å². The van der Waals surface area contributed by atoms with Crippen LogP contribution in [0.4, 0.5) is 0 Å². The molecule has 1 fully saturated rings. The van der Waals surface area contributed by atoms with Crippen molar-refractivity contribution in [3.63, 3.8) is 0 Å². The summed E-state index contributed by atoms with van der Waals surface area (Å²) in [5, 5.41) is -0.350. The Bertz CT molecular complexity index is 1260. The highest BCUT2D eigenvalue weighted by molar-refractivity contribution is 8.00. The Morgan fingerprint density at radius 2 is 1.26 bits per heavy atom. The normalized spacial score (nSPS) is 24.0. The summed E-state index contributed by atoms with van der Waals surface area (Å²) in [5.74, 6) is -0.359. The van der Waals surface area contributed by atoms with E-state index in [2.05, 4.69) is 33.9 Å². The molecule has 11 heteroatoms. The fourth-order valence-electron chi connectivity index (χ4n) is 4.75. The fraction of sp³-hybridized carbons (Fsp3) is 0.516. The van der Waals surface area contributed by atoms with Crippen molar-refractivity contribution in [2.75, 3.05) is 6.61 Å². The molecule has 0 N–H and O–H groups in total. The zero-order chi connectivity index (χ0) is 30.8. The Morgan fingerprint density at radius 3 is 1.76 bits per heavy atom. The molecule has 42 heavy (non-hydrogen) atoms. The third kappa shape index (κ3) is 7.19. The Morgan fingerprint density at radius 1 is 0.786 bits per heavy atom. The van der Waals surface area contributed by atoms with Crippen molar-refractivity contribution in [1.29, 1.82) is 0 Å². The van der Waals surface area contributed by atoms with Gasteiger partial charge in [0.1, 0.15) is 23.0 Å². The van der Waals surface area contributed by atoms with Gasteiger partial charge in [-0.1, -0.05) is 57.2 Å². The van der Waals surface area contributed by atoms with Crippen LogP contribution < -0.4 is 4.74 Å². The Kier molecular flexibility index (Phi) is 9.76. The lowest BCUT2D eigenvalue weighted by atomic mass is 9.99. The van der Waals surface area contributed by atoms with Crippen molar-refractivity contribution in [3.05, 3.63) is 59.7 Å². The molecule has 9 nitrogen and oxygen atoms in total. The van der Waals surface area contributed by atoms with Crippen molar-refractivity contribution < 1.29 is 42.5 Å². The van der Waals surface area contributed by atoms with Crippen LogP contribution in [0, 0.1) is 0 Å². The van der Waals surface area contributed by atoms with Crippen LogP contribution in [0.25, 0.3) is 0 Å². The summed E-state index contributed by atoms with van der Waals surface area (Å²) in [4.78, 5) is 37.0. The van der Waals surface area contributed by atoms with Crippen LogP contribution in [0.5, 0.6) is 11.5 Å². The number of benzene rings is 2. The largest absolute Gasteiger partial charge is 0.457 e. The highest BCUT2D eigenvalue weighted by atomic mass is 32.2. The van der Waals surface area contributed by atoms with Crippen LogP contribution in [-0.2, 0) is 37.8 Å². The van der Waals surface area contributed by atoms with E-state index >= 15 is 0 Å². The van der Waals surface area contributed by atoms with Crippen LogP contribution in [-0.4, -0.2) is 62.7 Å². The van der Waals surface area contributed by atoms with Gasteiger partial charge in [0.25, 0.3) is 0 Å². The number of rotatable bonds is 8. The molecule has 0 radical (unpaired) electrons. The Balaban J connectivity index is 1.77. The first-order valence-electron chi connectivity index (χ1n) is 14.0. The van der Waals surface area contributed by atoms with Crippen molar-refractivity contribution in [3.8, 4) is 11.5 Å². The number of carbonyl (C=O) groups is 3. The van der Waals surface area contributed by atoms with Gasteiger partial charge in [-0.15, -0.1) is 11.8 Å². The monoisotopic (exact) mass is 616 g/mol. The minimum absolute atomic E-state index is 0.0855. The van der Waals surface area contributed by atoms with Gasteiger partial charge in [0.15, 0.2) is 26.6 Å². The molecule has 2 heterocycles.